The van der Waals surface area contributed by atoms with Crippen molar-refractivity contribution in [2.45, 2.75) is 57.0 Å². The van der Waals surface area contributed by atoms with Gasteiger partial charge < -0.3 is 14.2 Å². The Morgan fingerprint density at radius 1 is 1.10 bits per heavy atom. The molecule has 5 rings (SSSR count). The van der Waals surface area contributed by atoms with E-state index in [1.807, 2.05) is 0 Å². The lowest BCUT2D eigenvalue weighted by atomic mass is 9.77. The van der Waals surface area contributed by atoms with Crippen molar-refractivity contribution in [2.75, 3.05) is 20.8 Å². The fourth-order valence-corrected chi connectivity index (χ4v) is 5.23. The minimum Gasteiger partial charge on any atom is -0.493 e. The minimum absolute atomic E-state index is 0.155. The Labute approximate surface area is 178 Å². The maximum Gasteiger partial charge on any atom is 0.343 e. The van der Waals surface area contributed by atoms with Crippen molar-refractivity contribution in [3.63, 3.8) is 0 Å². The van der Waals surface area contributed by atoms with Crippen molar-refractivity contribution >= 4 is 5.97 Å². The molecule has 0 amide bonds. The van der Waals surface area contributed by atoms with E-state index in [0.717, 1.165) is 54.7 Å². The average molecular weight is 407 g/mol. The van der Waals surface area contributed by atoms with E-state index in [4.69, 9.17) is 14.2 Å². The summed E-state index contributed by atoms with van der Waals surface area (Å²) in [6.45, 7) is 2.88. The fourth-order valence-electron chi connectivity index (χ4n) is 5.23. The van der Waals surface area contributed by atoms with E-state index < -0.39 is 5.60 Å². The number of hydrogen-bond acceptors (Lipinski definition) is 4. The van der Waals surface area contributed by atoms with Crippen LogP contribution < -0.4 is 4.74 Å². The molecule has 0 radical (unpaired) electrons. The molecule has 4 heteroatoms. The highest BCUT2D eigenvalue weighted by Gasteiger charge is 2.56. The predicted molar refractivity (Wildman–Crippen MR) is 116 cm³/mol. The molecule has 0 bridgehead atoms. The van der Waals surface area contributed by atoms with Gasteiger partial charge in [0.2, 0.25) is 0 Å². The molecule has 0 N–H and O–H groups in total. The topological polar surface area (TPSA) is 44.8 Å². The zero-order valence-corrected chi connectivity index (χ0v) is 18.1. The van der Waals surface area contributed by atoms with Gasteiger partial charge >= 0.3 is 5.97 Å². The summed E-state index contributed by atoms with van der Waals surface area (Å²) in [5, 5.41) is 0. The highest BCUT2D eigenvalue weighted by atomic mass is 16.6. The van der Waals surface area contributed by atoms with Gasteiger partial charge in [0.15, 0.2) is 5.60 Å². The summed E-state index contributed by atoms with van der Waals surface area (Å²) >= 11 is 0. The molecule has 4 nitrogen and oxygen atoms in total. The molecular weight excluding hydrogens is 376 g/mol. The predicted octanol–water partition coefficient (Wildman–Crippen LogP) is 5.29. The molecule has 2 aromatic rings. The van der Waals surface area contributed by atoms with Crippen LogP contribution in [0, 0.1) is 12.8 Å². The van der Waals surface area contributed by atoms with Crippen molar-refractivity contribution < 1.29 is 19.0 Å². The van der Waals surface area contributed by atoms with Crippen LogP contribution in [0.15, 0.2) is 30.3 Å². The van der Waals surface area contributed by atoms with Gasteiger partial charge in [-0.2, -0.15) is 0 Å². The third-order valence-electron chi connectivity index (χ3n) is 6.99. The number of carbonyl (C=O) groups excluding carboxylic acids is 1. The number of ether oxygens (including phenoxy) is 3. The Morgan fingerprint density at radius 2 is 1.90 bits per heavy atom. The Bertz CT molecular complexity index is 987. The molecule has 2 aromatic carbocycles. The SMILES string of the molecule is COC(=O)C(OC)(c1c(C)ccc(C2CC2)c1-c1ccc2c(c1)CCCO2)C1CC1. The molecule has 0 aromatic heterocycles. The summed E-state index contributed by atoms with van der Waals surface area (Å²) in [6, 6.07) is 10.9. The summed E-state index contributed by atoms with van der Waals surface area (Å²) in [7, 11) is 3.12. The first-order valence-corrected chi connectivity index (χ1v) is 11.1. The fraction of sp³-hybridized carbons (Fsp3) is 0.500. The van der Waals surface area contributed by atoms with Gasteiger partial charge in [0, 0.05) is 18.6 Å². The van der Waals surface area contributed by atoms with Gasteiger partial charge in [0.25, 0.3) is 0 Å². The van der Waals surface area contributed by atoms with Crippen LogP contribution in [0.2, 0.25) is 0 Å². The summed E-state index contributed by atoms with van der Waals surface area (Å²) in [5.41, 5.74) is 5.95. The largest absolute Gasteiger partial charge is 0.493 e. The van der Waals surface area contributed by atoms with Gasteiger partial charge in [-0.05, 0) is 91.3 Å². The normalized spacial score (nSPS) is 20.1. The molecule has 0 spiro atoms. The molecule has 1 atom stereocenters. The lowest BCUT2D eigenvalue weighted by molar-refractivity contribution is -0.171. The summed E-state index contributed by atoms with van der Waals surface area (Å²) in [5.74, 6) is 1.41. The number of aryl methyl sites for hydroxylation is 2. The first-order valence-electron chi connectivity index (χ1n) is 11.1. The second kappa shape index (κ2) is 7.42. The van der Waals surface area contributed by atoms with Crippen molar-refractivity contribution in [1.82, 2.24) is 0 Å². The van der Waals surface area contributed by atoms with E-state index >= 15 is 0 Å². The van der Waals surface area contributed by atoms with Crippen molar-refractivity contribution in [1.29, 1.82) is 0 Å². The Balaban J connectivity index is 1.78. The molecule has 3 aliphatic rings. The van der Waals surface area contributed by atoms with Gasteiger partial charge in [-0.25, -0.2) is 4.79 Å². The molecule has 2 saturated carbocycles. The van der Waals surface area contributed by atoms with Gasteiger partial charge in [-0.1, -0.05) is 18.2 Å². The maximum absolute atomic E-state index is 13.2. The number of rotatable bonds is 6. The molecule has 1 unspecified atom stereocenters. The van der Waals surface area contributed by atoms with Crippen molar-refractivity contribution in [2.24, 2.45) is 5.92 Å². The third kappa shape index (κ3) is 3.04. The Kier molecular flexibility index (Phi) is 4.85. The van der Waals surface area contributed by atoms with Crippen LogP contribution >= 0.6 is 0 Å². The van der Waals surface area contributed by atoms with Gasteiger partial charge in [-0.3, -0.25) is 0 Å². The van der Waals surface area contributed by atoms with Crippen LogP contribution in [0.3, 0.4) is 0 Å². The van der Waals surface area contributed by atoms with E-state index in [-0.39, 0.29) is 11.9 Å². The molecule has 158 valence electrons. The van der Waals surface area contributed by atoms with Crippen LogP contribution in [-0.2, 0) is 26.3 Å². The molecule has 0 saturated heterocycles. The third-order valence-corrected chi connectivity index (χ3v) is 6.99. The Morgan fingerprint density at radius 3 is 2.57 bits per heavy atom. The molecule has 2 fully saturated rings. The van der Waals surface area contributed by atoms with Crippen molar-refractivity contribution in [3.8, 4) is 16.9 Å². The zero-order chi connectivity index (χ0) is 20.9. The standard InChI is InChI=1S/C26H30O4/c1-16-6-12-21(17-7-8-17)23(19-9-13-22-18(15-19)5-4-14-30-22)24(16)26(29-3,20-10-11-20)25(27)28-2/h6,9,12-13,15,17,20H,4-5,7-8,10-11,14H2,1-3H3. The molecule has 30 heavy (non-hydrogen) atoms. The van der Waals surface area contributed by atoms with E-state index in [0.29, 0.717) is 5.92 Å². The number of esters is 1. The zero-order valence-electron chi connectivity index (χ0n) is 18.1. The van der Waals surface area contributed by atoms with E-state index in [9.17, 15) is 4.79 Å². The molecule has 1 heterocycles. The lowest BCUT2D eigenvalue weighted by Gasteiger charge is -2.34. The number of hydrogen-bond donors (Lipinski definition) is 0. The number of fused-ring (bicyclic) bond motifs is 1. The minimum atomic E-state index is -1.05. The monoisotopic (exact) mass is 406 g/mol. The average Bonchev–Trinajstić information content (AvgIpc) is 3.68. The van der Waals surface area contributed by atoms with Crippen LogP contribution in [0.4, 0.5) is 0 Å². The van der Waals surface area contributed by atoms with E-state index in [2.05, 4.69) is 37.3 Å². The van der Waals surface area contributed by atoms with Crippen LogP contribution in [-0.4, -0.2) is 26.8 Å². The second-order valence-electron chi connectivity index (χ2n) is 8.98. The highest BCUT2D eigenvalue weighted by molar-refractivity contribution is 5.88. The van der Waals surface area contributed by atoms with Crippen LogP contribution in [0.1, 0.15) is 60.3 Å². The summed E-state index contributed by atoms with van der Waals surface area (Å²) < 4.78 is 17.3. The lowest BCUT2D eigenvalue weighted by Crippen LogP contribution is -2.42. The molecule has 1 aliphatic heterocycles. The van der Waals surface area contributed by atoms with Crippen LogP contribution in [0.25, 0.3) is 11.1 Å². The second-order valence-corrected chi connectivity index (χ2v) is 8.98. The Hall–Kier alpha value is -2.33. The van der Waals surface area contributed by atoms with Crippen molar-refractivity contribution in [3.05, 3.63) is 52.6 Å². The first-order chi connectivity index (χ1) is 14.6. The highest BCUT2D eigenvalue weighted by Crippen LogP contribution is 2.55. The molecule has 2 aliphatic carbocycles. The molecular formula is C26H30O4. The number of carbonyl (C=O) groups is 1. The quantitative estimate of drug-likeness (QED) is 0.612. The van der Waals surface area contributed by atoms with Gasteiger partial charge in [0.1, 0.15) is 5.75 Å². The number of benzene rings is 2. The number of methoxy groups -OCH3 is 2. The van der Waals surface area contributed by atoms with E-state index in [1.54, 1.807) is 7.11 Å². The van der Waals surface area contributed by atoms with Gasteiger partial charge in [-0.15, -0.1) is 0 Å². The summed E-state index contributed by atoms with van der Waals surface area (Å²) in [6.07, 6.45) is 6.42. The first kappa shape index (κ1) is 19.6. The van der Waals surface area contributed by atoms with Gasteiger partial charge in [0.05, 0.1) is 13.7 Å². The smallest absolute Gasteiger partial charge is 0.343 e. The van der Waals surface area contributed by atoms with E-state index in [1.165, 1.54) is 36.6 Å². The maximum atomic E-state index is 13.2. The van der Waals surface area contributed by atoms with Crippen LogP contribution in [0.5, 0.6) is 5.75 Å². The summed E-state index contributed by atoms with van der Waals surface area (Å²) in [4.78, 5) is 13.2.